The molecule has 1 aromatic carbocycles. The molecule has 0 heterocycles. The third-order valence-corrected chi connectivity index (χ3v) is 3.30. The lowest BCUT2D eigenvalue weighted by Gasteiger charge is -2.24. The monoisotopic (exact) mass is 281 g/mol. The average Bonchev–Trinajstić information content (AvgIpc) is 2.43. The van der Waals surface area contributed by atoms with E-state index in [-0.39, 0.29) is 18.5 Å². The Bertz CT molecular complexity index is 572. The van der Waals surface area contributed by atoms with Crippen molar-refractivity contribution in [3.63, 3.8) is 0 Å². The highest BCUT2D eigenvalue weighted by Gasteiger charge is 2.34. The first-order valence-electron chi connectivity index (χ1n) is 6.13. The molecule has 0 unspecified atom stereocenters. The minimum atomic E-state index is -1.15. The lowest BCUT2D eigenvalue weighted by Crippen LogP contribution is -2.35. The van der Waals surface area contributed by atoms with Crippen LogP contribution in [0.15, 0.2) is 30.4 Å². The number of anilines is 1. The van der Waals surface area contributed by atoms with E-state index in [0.717, 1.165) is 6.07 Å². The van der Waals surface area contributed by atoms with Gasteiger partial charge in [-0.15, -0.1) is 0 Å². The zero-order valence-electron chi connectivity index (χ0n) is 10.5. The van der Waals surface area contributed by atoms with E-state index in [4.69, 9.17) is 5.11 Å². The Hall–Kier alpha value is -2.24. The Morgan fingerprint density at radius 2 is 1.80 bits per heavy atom. The number of carboxylic acids is 1. The molecule has 2 rings (SSSR count). The Morgan fingerprint density at radius 3 is 2.45 bits per heavy atom. The molecule has 0 fully saturated rings. The number of halogens is 2. The Kier molecular flexibility index (Phi) is 4.12. The summed E-state index contributed by atoms with van der Waals surface area (Å²) in [4.78, 5) is 23.1. The van der Waals surface area contributed by atoms with Crippen molar-refractivity contribution < 1.29 is 23.5 Å². The molecule has 106 valence electrons. The summed E-state index contributed by atoms with van der Waals surface area (Å²) in [5.74, 6) is -5.56. The van der Waals surface area contributed by atoms with Crippen molar-refractivity contribution in [1.82, 2.24) is 0 Å². The molecule has 1 amide bonds. The number of rotatable bonds is 3. The molecule has 4 nitrogen and oxygen atoms in total. The molecule has 0 bridgehead atoms. The molecule has 6 heteroatoms. The van der Waals surface area contributed by atoms with E-state index in [1.54, 1.807) is 12.2 Å². The number of allylic oxidation sites excluding steroid dienone is 2. The fourth-order valence-corrected chi connectivity index (χ4v) is 2.20. The summed E-state index contributed by atoms with van der Waals surface area (Å²) < 4.78 is 26.5. The van der Waals surface area contributed by atoms with Gasteiger partial charge in [-0.1, -0.05) is 18.2 Å². The van der Waals surface area contributed by atoms with Gasteiger partial charge in [-0.3, -0.25) is 9.59 Å². The molecule has 0 saturated carbocycles. The zero-order chi connectivity index (χ0) is 14.7. The van der Waals surface area contributed by atoms with Crippen molar-refractivity contribution in [2.24, 2.45) is 11.8 Å². The van der Waals surface area contributed by atoms with Gasteiger partial charge < -0.3 is 10.4 Å². The molecule has 0 spiro atoms. The van der Waals surface area contributed by atoms with Gasteiger partial charge in [-0.2, -0.15) is 0 Å². The van der Waals surface area contributed by atoms with Crippen LogP contribution in [-0.4, -0.2) is 17.0 Å². The minimum absolute atomic E-state index is 0.249. The van der Waals surface area contributed by atoms with Crippen LogP contribution in [0.4, 0.5) is 14.5 Å². The number of hydrogen-bond donors (Lipinski definition) is 2. The number of carbonyl (C=O) groups is 2. The molecular weight excluding hydrogens is 268 g/mol. The number of amides is 1. The summed E-state index contributed by atoms with van der Waals surface area (Å²) >= 11 is 0. The van der Waals surface area contributed by atoms with Gasteiger partial charge in [0.15, 0.2) is 11.6 Å². The highest BCUT2D eigenvalue weighted by molar-refractivity contribution is 5.95. The number of nitrogens with one attached hydrogen (secondary N) is 1. The second-order valence-electron chi connectivity index (χ2n) is 4.58. The van der Waals surface area contributed by atoms with Crippen LogP contribution >= 0.6 is 0 Å². The number of benzene rings is 1. The fraction of sp³-hybridized carbons (Fsp3) is 0.286. The number of carbonyl (C=O) groups excluding carboxylic acids is 1. The van der Waals surface area contributed by atoms with E-state index >= 15 is 0 Å². The van der Waals surface area contributed by atoms with E-state index in [2.05, 4.69) is 5.32 Å². The molecule has 2 atom stereocenters. The van der Waals surface area contributed by atoms with Crippen LogP contribution < -0.4 is 5.32 Å². The molecule has 1 aliphatic rings. The fourth-order valence-electron chi connectivity index (χ4n) is 2.20. The molecule has 20 heavy (non-hydrogen) atoms. The maximum Gasteiger partial charge on any atom is 0.307 e. The first kappa shape index (κ1) is 14.2. The SMILES string of the molecule is O=C(O)[C@H]1CC=CC[C@H]1C(=O)Nc1cccc(F)c1F. The summed E-state index contributed by atoms with van der Waals surface area (Å²) in [6.45, 7) is 0. The van der Waals surface area contributed by atoms with Crippen LogP contribution in [0.3, 0.4) is 0 Å². The topological polar surface area (TPSA) is 66.4 Å². The summed E-state index contributed by atoms with van der Waals surface area (Å²) in [6, 6.07) is 3.43. The summed E-state index contributed by atoms with van der Waals surface area (Å²) in [5.41, 5.74) is -0.284. The lowest BCUT2D eigenvalue weighted by atomic mass is 9.82. The van der Waals surface area contributed by atoms with Crippen LogP contribution in [0.25, 0.3) is 0 Å². The Labute approximate surface area is 114 Å². The van der Waals surface area contributed by atoms with E-state index in [9.17, 15) is 18.4 Å². The van der Waals surface area contributed by atoms with Crippen molar-refractivity contribution in [1.29, 1.82) is 0 Å². The van der Waals surface area contributed by atoms with Crippen molar-refractivity contribution >= 4 is 17.6 Å². The quantitative estimate of drug-likeness (QED) is 0.837. The molecule has 1 aromatic rings. The Balaban J connectivity index is 2.17. The molecule has 1 aliphatic carbocycles. The van der Waals surface area contributed by atoms with Gasteiger partial charge in [0.25, 0.3) is 0 Å². The summed E-state index contributed by atoms with van der Waals surface area (Å²) in [6.07, 6.45) is 3.93. The standard InChI is InChI=1S/C14H13F2NO3/c15-10-6-3-7-11(12(10)16)17-13(18)8-4-1-2-5-9(8)14(19)20/h1-3,6-9H,4-5H2,(H,17,18)(H,19,20)/t8-,9+/m1/s1. The molecule has 0 saturated heterocycles. The van der Waals surface area contributed by atoms with Gasteiger partial charge in [-0.05, 0) is 25.0 Å². The summed E-state index contributed by atoms with van der Waals surface area (Å²) in [7, 11) is 0. The molecule has 0 aliphatic heterocycles. The van der Waals surface area contributed by atoms with Crippen LogP contribution in [0.5, 0.6) is 0 Å². The first-order valence-corrected chi connectivity index (χ1v) is 6.13. The van der Waals surface area contributed by atoms with Crippen molar-refractivity contribution in [2.75, 3.05) is 5.32 Å². The number of carboxylic acid groups (broad SMARTS) is 1. The molecule has 0 radical (unpaired) electrons. The van der Waals surface area contributed by atoms with Crippen LogP contribution in [-0.2, 0) is 9.59 Å². The van der Waals surface area contributed by atoms with Gasteiger partial charge in [0.05, 0.1) is 17.5 Å². The average molecular weight is 281 g/mol. The predicted molar refractivity (Wildman–Crippen MR) is 68.0 cm³/mol. The van der Waals surface area contributed by atoms with Crippen molar-refractivity contribution in [3.05, 3.63) is 42.0 Å². The van der Waals surface area contributed by atoms with Crippen molar-refractivity contribution in [3.8, 4) is 0 Å². The highest BCUT2D eigenvalue weighted by atomic mass is 19.2. The van der Waals surface area contributed by atoms with Crippen LogP contribution in [0, 0.1) is 23.5 Å². The minimum Gasteiger partial charge on any atom is -0.481 e. The molecular formula is C14H13F2NO3. The second-order valence-corrected chi connectivity index (χ2v) is 4.58. The van der Waals surface area contributed by atoms with Gasteiger partial charge >= 0.3 is 5.97 Å². The van der Waals surface area contributed by atoms with Gasteiger partial charge in [0.1, 0.15) is 0 Å². The smallest absolute Gasteiger partial charge is 0.307 e. The van der Waals surface area contributed by atoms with E-state index < -0.39 is 35.3 Å². The maximum atomic E-state index is 13.5. The summed E-state index contributed by atoms with van der Waals surface area (Å²) in [5, 5.41) is 11.3. The largest absolute Gasteiger partial charge is 0.481 e. The van der Waals surface area contributed by atoms with Gasteiger partial charge in [0, 0.05) is 0 Å². The lowest BCUT2D eigenvalue weighted by molar-refractivity contribution is -0.146. The van der Waals surface area contributed by atoms with E-state index in [1.165, 1.54) is 12.1 Å². The van der Waals surface area contributed by atoms with E-state index in [1.807, 2.05) is 0 Å². The normalized spacial score (nSPS) is 21.5. The Morgan fingerprint density at radius 1 is 1.15 bits per heavy atom. The molecule has 2 N–H and O–H groups in total. The van der Waals surface area contributed by atoms with Crippen LogP contribution in [0.2, 0.25) is 0 Å². The van der Waals surface area contributed by atoms with Gasteiger partial charge in [0.2, 0.25) is 5.91 Å². The van der Waals surface area contributed by atoms with Crippen LogP contribution in [0.1, 0.15) is 12.8 Å². The third kappa shape index (κ3) is 2.84. The number of hydrogen-bond acceptors (Lipinski definition) is 2. The zero-order valence-corrected chi connectivity index (χ0v) is 10.5. The first-order chi connectivity index (χ1) is 9.50. The van der Waals surface area contributed by atoms with Gasteiger partial charge in [-0.25, -0.2) is 8.78 Å². The second kappa shape index (κ2) is 5.81. The van der Waals surface area contributed by atoms with E-state index in [0.29, 0.717) is 0 Å². The third-order valence-electron chi connectivity index (χ3n) is 3.30. The molecule has 0 aromatic heterocycles. The highest BCUT2D eigenvalue weighted by Crippen LogP contribution is 2.28. The number of aliphatic carboxylic acids is 1. The predicted octanol–water partition coefficient (Wildman–Crippen LogP) is 2.57. The van der Waals surface area contributed by atoms with Crippen molar-refractivity contribution in [2.45, 2.75) is 12.8 Å². The maximum absolute atomic E-state index is 13.5.